The van der Waals surface area contributed by atoms with Gasteiger partial charge < -0.3 is 19.5 Å². The van der Waals surface area contributed by atoms with E-state index < -0.39 is 0 Å². The number of fused-ring (bicyclic) bond motifs is 2. The maximum atomic E-state index is 11.8. The number of nitrogens with one attached hydrogen (secondary N) is 1. The molecule has 1 aliphatic heterocycles. The number of carbonyl (C=O) groups excluding carboxylic acids is 1. The predicted molar refractivity (Wildman–Crippen MR) is 90.9 cm³/mol. The highest BCUT2D eigenvalue weighted by atomic mass is 16.5. The molecule has 0 bridgehead atoms. The molecular weight excluding hydrogens is 306 g/mol. The number of hydrogen-bond acceptors (Lipinski definition) is 5. The number of piperidine rings is 1. The van der Waals surface area contributed by atoms with Gasteiger partial charge in [-0.25, -0.2) is 14.8 Å². The first-order chi connectivity index (χ1) is 11.7. The molecule has 2 fully saturated rings. The number of aromatic nitrogens is 3. The molecule has 3 heterocycles. The van der Waals surface area contributed by atoms with Gasteiger partial charge in [-0.1, -0.05) is 0 Å². The second-order valence-corrected chi connectivity index (χ2v) is 6.90. The van der Waals surface area contributed by atoms with Crippen molar-refractivity contribution in [1.82, 2.24) is 19.9 Å². The largest absolute Gasteiger partial charge is 0.453 e. The van der Waals surface area contributed by atoms with Crippen LogP contribution in [-0.4, -0.2) is 59.2 Å². The van der Waals surface area contributed by atoms with E-state index in [-0.39, 0.29) is 6.09 Å². The summed E-state index contributed by atoms with van der Waals surface area (Å²) in [6.45, 7) is 1.62. The van der Waals surface area contributed by atoms with E-state index >= 15 is 0 Å². The van der Waals surface area contributed by atoms with Gasteiger partial charge in [0.2, 0.25) is 0 Å². The van der Waals surface area contributed by atoms with Crippen molar-refractivity contribution in [2.45, 2.75) is 25.3 Å². The Kier molecular flexibility index (Phi) is 3.78. The highest BCUT2D eigenvalue weighted by Gasteiger charge is 2.41. The zero-order valence-corrected chi connectivity index (χ0v) is 14.1. The fourth-order valence-corrected chi connectivity index (χ4v) is 4.38. The Morgan fingerprint density at radius 2 is 2.21 bits per heavy atom. The van der Waals surface area contributed by atoms with Crippen molar-refractivity contribution in [3.05, 3.63) is 18.6 Å². The highest BCUT2D eigenvalue weighted by Crippen LogP contribution is 2.41. The lowest BCUT2D eigenvalue weighted by molar-refractivity contribution is 0.0904. The van der Waals surface area contributed by atoms with Gasteiger partial charge in [-0.2, -0.15) is 0 Å². The fourth-order valence-electron chi connectivity index (χ4n) is 4.38. The molecule has 1 N–H and O–H groups in total. The van der Waals surface area contributed by atoms with Crippen molar-refractivity contribution in [3.8, 4) is 0 Å². The highest BCUT2D eigenvalue weighted by molar-refractivity contribution is 5.87. The van der Waals surface area contributed by atoms with E-state index in [0.29, 0.717) is 17.9 Å². The molecule has 1 saturated carbocycles. The average Bonchev–Trinajstić information content (AvgIpc) is 3.25. The maximum absolute atomic E-state index is 11.8. The normalized spacial score (nSPS) is 26.4. The maximum Gasteiger partial charge on any atom is 0.409 e. The number of rotatable bonds is 2. The molecule has 1 amide bonds. The van der Waals surface area contributed by atoms with Gasteiger partial charge in [0.05, 0.1) is 12.5 Å². The van der Waals surface area contributed by atoms with Crippen molar-refractivity contribution in [1.29, 1.82) is 0 Å². The summed E-state index contributed by atoms with van der Waals surface area (Å²) in [5.41, 5.74) is 0.874. The molecular formula is C17H23N5O2. The van der Waals surface area contributed by atoms with E-state index in [1.807, 2.05) is 17.2 Å². The SMILES string of the molecule is COC(=O)N1CC[C@H]2CC(N(C)c3ncnc4[nH]ccc34)CC2C1. The summed E-state index contributed by atoms with van der Waals surface area (Å²) in [5.74, 6) is 2.21. The van der Waals surface area contributed by atoms with Crippen LogP contribution in [0.5, 0.6) is 0 Å². The van der Waals surface area contributed by atoms with Crippen molar-refractivity contribution < 1.29 is 9.53 Å². The smallest absolute Gasteiger partial charge is 0.409 e. The van der Waals surface area contributed by atoms with Crippen LogP contribution in [0.3, 0.4) is 0 Å². The number of ether oxygens (including phenoxy) is 1. The molecule has 0 radical (unpaired) electrons. The summed E-state index contributed by atoms with van der Waals surface area (Å²) < 4.78 is 4.88. The number of amides is 1. The topological polar surface area (TPSA) is 74.3 Å². The van der Waals surface area contributed by atoms with Crippen molar-refractivity contribution in [3.63, 3.8) is 0 Å². The summed E-state index contributed by atoms with van der Waals surface area (Å²) in [4.78, 5) is 27.8. The Balaban J connectivity index is 1.50. The molecule has 4 rings (SSSR count). The van der Waals surface area contributed by atoms with E-state index in [4.69, 9.17) is 4.74 Å². The minimum absolute atomic E-state index is 0.199. The molecule has 7 heteroatoms. The van der Waals surface area contributed by atoms with Gasteiger partial charge in [-0.3, -0.25) is 0 Å². The number of H-pyrrole nitrogens is 1. The van der Waals surface area contributed by atoms with Gasteiger partial charge in [0.25, 0.3) is 0 Å². The number of hydrogen-bond donors (Lipinski definition) is 1. The number of anilines is 1. The molecule has 2 unspecified atom stereocenters. The molecule has 7 nitrogen and oxygen atoms in total. The summed E-state index contributed by atoms with van der Waals surface area (Å²) >= 11 is 0. The molecule has 2 aliphatic rings. The van der Waals surface area contributed by atoms with Crippen LogP contribution in [0.15, 0.2) is 18.6 Å². The van der Waals surface area contributed by atoms with Crippen LogP contribution >= 0.6 is 0 Å². The molecule has 1 saturated heterocycles. The first kappa shape index (κ1) is 15.2. The van der Waals surface area contributed by atoms with Crippen LogP contribution in [0.1, 0.15) is 19.3 Å². The minimum Gasteiger partial charge on any atom is -0.453 e. The van der Waals surface area contributed by atoms with Crippen LogP contribution in [-0.2, 0) is 4.74 Å². The van der Waals surface area contributed by atoms with Crippen LogP contribution in [0.25, 0.3) is 11.0 Å². The monoisotopic (exact) mass is 329 g/mol. The molecule has 128 valence electrons. The summed E-state index contributed by atoms with van der Waals surface area (Å²) in [5, 5.41) is 1.06. The third kappa shape index (κ3) is 2.48. The number of likely N-dealkylation sites (tertiary alicyclic amines) is 1. The second-order valence-electron chi connectivity index (χ2n) is 6.90. The van der Waals surface area contributed by atoms with Crippen molar-refractivity contribution in [2.24, 2.45) is 11.8 Å². The quantitative estimate of drug-likeness (QED) is 0.915. The van der Waals surface area contributed by atoms with E-state index in [2.05, 4.69) is 26.9 Å². The van der Waals surface area contributed by atoms with Gasteiger partial charge in [-0.15, -0.1) is 0 Å². The van der Waals surface area contributed by atoms with Crippen molar-refractivity contribution in [2.75, 3.05) is 32.1 Å². The number of aromatic amines is 1. The Morgan fingerprint density at radius 3 is 3.04 bits per heavy atom. The minimum atomic E-state index is -0.199. The molecule has 3 atom stereocenters. The van der Waals surface area contributed by atoms with E-state index in [9.17, 15) is 4.79 Å². The van der Waals surface area contributed by atoms with Gasteiger partial charge in [0.15, 0.2) is 0 Å². The van der Waals surface area contributed by atoms with Crippen LogP contribution < -0.4 is 4.90 Å². The third-order valence-electron chi connectivity index (χ3n) is 5.69. The molecule has 24 heavy (non-hydrogen) atoms. The standard InChI is InChI=1S/C17H23N5O2/c1-21(16-14-3-5-18-15(14)19-10-20-16)13-7-11-4-6-22(17(23)24-2)9-12(11)8-13/h3,5,10-13H,4,6-9H2,1-2H3,(H,18,19,20)/t11-,12?,13?/m0/s1. The lowest BCUT2D eigenvalue weighted by Gasteiger charge is -2.33. The molecule has 2 aromatic heterocycles. The molecule has 0 spiro atoms. The molecule has 2 aromatic rings. The predicted octanol–water partition coefficient (Wildman–Crippen LogP) is 2.26. The number of methoxy groups -OCH3 is 1. The van der Waals surface area contributed by atoms with Crippen molar-refractivity contribution >= 4 is 22.9 Å². The van der Waals surface area contributed by atoms with E-state index in [1.54, 1.807) is 6.33 Å². The summed E-state index contributed by atoms with van der Waals surface area (Å²) in [7, 11) is 3.58. The van der Waals surface area contributed by atoms with E-state index in [1.165, 1.54) is 7.11 Å². The Bertz CT molecular complexity index is 745. The molecule has 0 aromatic carbocycles. The Morgan fingerprint density at radius 1 is 1.38 bits per heavy atom. The summed E-state index contributed by atoms with van der Waals surface area (Å²) in [6.07, 6.45) is 6.63. The zero-order chi connectivity index (χ0) is 16.7. The lowest BCUT2D eigenvalue weighted by atomic mass is 9.89. The first-order valence-corrected chi connectivity index (χ1v) is 8.51. The summed E-state index contributed by atoms with van der Waals surface area (Å²) in [6, 6.07) is 2.48. The Labute approximate surface area is 141 Å². The zero-order valence-electron chi connectivity index (χ0n) is 14.1. The van der Waals surface area contributed by atoms with Crippen LogP contribution in [0.4, 0.5) is 10.6 Å². The van der Waals surface area contributed by atoms with Gasteiger partial charge in [-0.05, 0) is 37.2 Å². The van der Waals surface area contributed by atoms with E-state index in [0.717, 1.165) is 49.2 Å². The average molecular weight is 329 g/mol. The number of nitrogens with zero attached hydrogens (tertiary/aromatic N) is 4. The second kappa shape index (κ2) is 5.96. The molecule has 1 aliphatic carbocycles. The first-order valence-electron chi connectivity index (χ1n) is 8.51. The van der Waals surface area contributed by atoms with Crippen LogP contribution in [0.2, 0.25) is 0 Å². The third-order valence-corrected chi connectivity index (χ3v) is 5.69. The fraction of sp³-hybridized carbons (Fsp3) is 0.588. The van der Waals surface area contributed by atoms with Crippen LogP contribution in [0, 0.1) is 11.8 Å². The lowest BCUT2D eigenvalue weighted by Crippen LogP contribution is -2.42. The Hall–Kier alpha value is -2.31. The van der Waals surface area contributed by atoms with Gasteiger partial charge in [0, 0.05) is 32.4 Å². The van der Waals surface area contributed by atoms with Gasteiger partial charge >= 0.3 is 6.09 Å². The van der Waals surface area contributed by atoms with Gasteiger partial charge in [0.1, 0.15) is 17.8 Å². The number of carbonyl (C=O) groups is 1.